The highest BCUT2D eigenvalue weighted by molar-refractivity contribution is 7.13. The quantitative estimate of drug-likeness (QED) is 0.867. The molecule has 1 atom stereocenters. The van der Waals surface area contributed by atoms with Crippen molar-refractivity contribution >= 4 is 17.2 Å². The molecule has 1 amide bonds. The number of likely N-dealkylation sites (tertiary alicyclic amines) is 1. The third kappa shape index (κ3) is 2.92. The predicted octanol–water partition coefficient (Wildman–Crippen LogP) is 3.31. The number of thiazole rings is 1. The van der Waals surface area contributed by atoms with Gasteiger partial charge in [-0.2, -0.15) is 5.10 Å². The largest absolute Gasteiger partial charge is 0.336 e. The lowest BCUT2D eigenvalue weighted by Gasteiger charge is -2.33. The number of rotatable bonds is 3. The zero-order valence-electron chi connectivity index (χ0n) is 13.7. The number of amides is 1. The van der Waals surface area contributed by atoms with E-state index in [1.807, 2.05) is 11.8 Å². The molecule has 4 rings (SSSR count). The SMILES string of the molecule is Cc1cc(C)n(C2CCCN(C(=O)c3cnc(C4CC4)s3)C2)n1. The average molecular weight is 330 g/mol. The van der Waals surface area contributed by atoms with Crippen LogP contribution in [-0.2, 0) is 0 Å². The molecule has 0 radical (unpaired) electrons. The van der Waals surface area contributed by atoms with Gasteiger partial charge in [-0.15, -0.1) is 11.3 Å². The third-order valence-electron chi connectivity index (χ3n) is 4.74. The van der Waals surface area contributed by atoms with Gasteiger partial charge in [0.15, 0.2) is 0 Å². The number of carbonyl (C=O) groups excluding carboxylic acids is 1. The minimum atomic E-state index is 0.139. The second kappa shape index (κ2) is 5.74. The summed E-state index contributed by atoms with van der Waals surface area (Å²) in [4.78, 5) is 20.0. The van der Waals surface area contributed by atoms with E-state index in [9.17, 15) is 4.79 Å². The van der Waals surface area contributed by atoms with Crippen molar-refractivity contribution in [1.82, 2.24) is 19.7 Å². The average Bonchev–Trinajstić information content (AvgIpc) is 3.18. The molecule has 0 bridgehead atoms. The number of carbonyl (C=O) groups is 1. The summed E-state index contributed by atoms with van der Waals surface area (Å²) < 4.78 is 2.09. The standard InChI is InChI=1S/C17H22N4OS/c1-11-8-12(2)21(19-11)14-4-3-7-20(10-14)17(22)15-9-18-16(23-15)13-5-6-13/h8-9,13-14H,3-7,10H2,1-2H3. The van der Waals surface area contributed by atoms with Gasteiger partial charge in [-0.25, -0.2) is 4.98 Å². The Morgan fingerprint density at radius 3 is 2.83 bits per heavy atom. The first-order chi connectivity index (χ1) is 11.1. The molecule has 0 aromatic carbocycles. The number of hydrogen-bond acceptors (Lipinski definition) is 4. The highest BCUT2D eigenvalue weighted by atomic mass is 32.1. The van der Waals surface area contributed by atoms with Crippen LogP contribution in [0.25, 0.3) is 0 Å². The van der Waals surface area contributed by atoms with E-state index >= 15 is 0 Å². The smallest absolute Gasteiger partial charge is 0.265 e. The number of hydrogen-bond donors (Lipinski definition) is 0. The molecule has 6 heteroatoms. The monoisotopic (exact) mass is 330 g/mol. The molecule has 2 aromatic rings. The maximum absolute atomic E-state index is 12.8. The Balaban J connectivity index is 1.49. The summed E-state index contributed by atoms with van der Waals surface area (Å²) in [6.07, 6.45) is 6.34. The first kappa shape index (κ1) is 14.9. The molecule has 1 aliphatic carbocycles. The van der Waals surface area contributed by atoms with Gasteiger partial charge in [-0.1, -0.05) is 0 Å². The summed E-state index contributed by atoms with van der Waals surface area (Å²) in [6, 6.07) is 2.39. The van der Waals surface area contributed by atoms with Crippen LogP contribution in [-0.4, -0.2) is 38.7 Å². The van der Waals surface area contributed by atoms with Crippen LogP contribution in [0.3, 0.4) is 0 Å². The summed E-state index contributed by atoms with van der Waals surface area (Å²) in [5.41, 5.74) is 2.22. The molecular formula is C17H22N4OS. The Kier molecular flexibility index (Phi) is 3.71. The van der Waals surface area contributed by atoms with E-state index in [-0.39, 0.29) is 11.9 Å². The Hall–Kier alpha value is -1.69. The molecule has 1 saturated heterocycles. The van der Waals surface area contributed by atoms with Crippen molar-refractivity contribution in [3.05, 3.63) is 33.5 Å². The number of nitrogens with zero attached hydrogens (tertiary/aromatic N) is 4. The number of aryl methyl sites for hydroxylation is 2. The van der Waals surface area contributed by atoms with Crippen molar-refractivity contribution in [2.75, 3.05) is 13.1 Å². The molecule has 5 nitrogen and oxygen atoms in total. The van der Waals surface area contributed by atoms with Crippen LogP contribution < -0.4 is 0 Å². The second-order valence-corrected chi connectivity index (χ2v) is 7.82. The molecule has 1 saturated carbocycles. The van der Waals surface area contributed by atoms with E-state index < -0.39 is 0 Å². The fraction of sp³-hybridized carbons (Fsp3) is 0.588. The first-order valence-electron chi connectivity index (χ1n) is 8.39. The predicted molar refractivity (Wildman–Crippen MR) is 90.0 cm³/mol. The molecule has 23 heavy (non-hydrogen) atoms. The van der Waals surface area contributed by atoms with Crippen LogP contribution in [0.2, 0.25) is 0 Å². The lowest BCUT2D eigenvalue weighted by Crippen LogP contribution is -2.40. The van der Waals surface area contributed by atoms with Gasteiger partial charge >= 0.3 is 0 Å². The highest BCUT2D eigenvalue weighted by Gasteiger charge is 2.30. The van der Waals surface area contributed by atoms with E-state index in [1.54, 1.807) is 17.5 Å². The van der Waals surface area contributed by atoms with E-state index in [2.05, 4.69) is 27.8 Å². The zero-order valence-corrected chi connectivity index (χ0v) is 14.5. The van der Waals surface area contributed by atoms with Crippen LogP contribution >= 0.6 is 11.3 Å². The van der Waals surface area contributed by atoms with E-state index in [0.717, 1.165) is 41.5 Å². The van der Waals surface area contributed by atoms with Crippen molar-refractivity contribution < 1.29 is 4.79 Å². The molecule has 0 spiro atoms. The van der Waals surface area contributed by atoms with Gasteiger partial charge in [0.05, 0.1) is 22.9 Å². The Labute approximate surface area is 140 Å². The van der Waals surface area contributed by atoms with Crippen molar-refractivity contribution in [2.45, 2.75) is 51.5 Å². The molecule has 1 unspecified atom stereocenters. The van der Waals surface area contributed by atoms with Gasteiger partial charge < -0.3 is 4.90 Å². The van der Waals surface area contributed by atoms with Gasteiger partial charge in [-0.3, -0.25) is 9.48 Å². The van der Waals surface area contributed by atoms with Crippen molar-refractivity contribution in [3.63, 3.8) is 0 Å². The normalized spacial score (nSPS) is 21.7. The summed E-state index contributed by atoms with van der Waals surface area (Å²) in [5, 5.41) is 5.74. The van der Waals surface area contributed by atoms with E-state index in [1.165, 1.54) is 18.5 Å². The van der Waals surface area contributed by atoms with Crippen LogP contribution in [0.15, 0.2) is 12.3 Å². The Bertz CT molecular complexity index is 731. The summed E-state index contributed by atoms with van der Waals surface area (Å²) >= 11 is 1.58. The summed E-state index contributed by atoms with van der Waals surface area (Å²) in [5.74, 6) is 0.756. The summed E-state index contributed by atoms with van der Waals surface area (Å²) in [6.45, 7) is 5.70. The van der Waals surface area contributed by atoms with Crippen LogP contribution in [0, 0.1) is 13.8 Å². The number of piperidine rings is 1. The molecule has 2 aromatic heterocycles. The summed E-state index contributed by atoms with van der Waals surface area (Å²) in [7, 11) is 0. The lowest BCUT2D eigenvalue weighted by atomic mass is 10.1. The second-order valence-electron chi connectivity index (χ2n) is 6.76. The fourth-order valence-corrected chi connectivity index (χ4v) is 4.47. The highest BCUT2D eigenvalue weighted by Crippen LogP contribution is 2.42. The molecule has 3 heterocycles. The first-order valence-corrected chi connectivity index (χ1v) is 9.21. The van der Waals surface area contributed by atoms with Gasteiger partial charge in [0.1, 0.15) is 4.88 Å². The molecule has 122 valence electrons. The van der Waals surface area contributed by atoms with Gasteiger partial charge in [0.2, 0.25) is 0 Å². The van der Waals surface area contributed by atoms with Crippen molar-refractivity contribution in [3.8, 4) is 0 Å². The van der Waals surface area contributed by atoms with E-state index in [4.69, 9.17) is 0 Å². The van der Waals surface area contributed by atoms with Crippen LogP contribution in [0.5, 0.6) is 0 Å². The van der Waals surface area contributed by atoms with E-state index in [0.29, 0.717) is 5.92 Å². The van der Waals surface area contributed by atoms with Gasteiger partial charge in [0.25, 0.3) is 5.91 Å². The molecule has 2 fully saturated rings. The topological polar surface area (TPSA) is 51.0 Å². The minimum Gasteiger partial charge on any atom is -0.336 e. The van der Waals surface area contributed by atoms with Gasteiger partial charge in [0, 0.05) is 24.7 Å². The van der Waals surface area contributed by atoms with Crippen molar-refractivity contribution in [2.24, 2.45) is 0 Å². The lowest BCUT2D eigenvalue weighted by molar-refractivity contribution is 0.0676. The Morgan fingerprint density at radius 1 is 1.30 bits per heavy atom. The molecule has 1 aliphatic heterocycles. The maximum Gasteiger partial charge on any atom is 0.265 e. The molecular weight excluding hydrogens is 308 g/mol. The Morgan fingerprint density at radius 2 is 2.13 bits per heavy atom. The number of aromatic nitrogens is 3. The minimum absolute atomic E-state index is 0.139. The zero-order chi connectivity index (χ0) is 16.0. The molecule has 2 aliphatic rings. The molecule has 0 N–H and O–H groups in total. The van der Waals surface area contributed by atoms with Crippen LogP contribution in [0.1, 0.15) is 63.7 Å². The maximum atomic E-state index is 12.8. The third-order valence-corrected chi connectivity index (χ3v) is 5.88. The van der Waals surface area contributed by atoms with Crippen molar-refractivity contribution in [1.29, 1.82) is 0 Å². The van der Waals surface area contributed by atoms with Crippen LogP contribution in [0.4, 0.5) is 0 Å². The fourth-order valence-electron chi connectivity index (χ4n) is 3.42. The van der Waals surface area contributed by atoms with Gasteiger partial charge in [-0.05, 0) is 45.6 Å².